The van der Waals surface area contributed by atoms with E-state index in [0.717, 1.165) is 45.6 Å². The highest BCUT2D eigenvalue weighted by Crippen LogP contribution is 2.34. The van der Waals surface area contributed by atoms with E-state index < -0.39 is 39.3 Å². The van der Waals surface area contributed by atoms with E-state index in [-0.39, 0.29) is 34.5 Å². The van der Waals surface area contributed by atoms with Crippen molar-refractivity contribution in [3.63, 3.8) is 0 Å². The molecule has 2 N–H and O–H groups in total. The average Bonchev–Trinajstić information content (AvgIpc) is 3.78. The van der Waals surface area contributed by atoms with Crippen LogP contribution in [0.25, 0.3) is 11.1 Å². The summed E-state index contributed by atoms with van der Waals surface area (Å²) >= 11 is 6.91. The highest BCUT2D eigenvalue weighted by atomic mass is 79.9. The molecule has 3 heterocycles. The second-order valence-electron chi connectivity index (χ2n) is 9.88. The largest absolute Gasteiger partial charge is 0.326 e. The monoisotopic (exact) mass is 821 g/mol. The second-order valence-corrected chi connectivity index (χ2v) is 22.3. The van der Waals surface area contributed by atoms with E-state index in [1.807, 2.05) is 23.8 Å². The van der Waals surface area contributed by atoms with Gasteiger partial charge in [0.1, 0.15) is 8.42 Å². The predicted molar refractivity (Wildman–Crippen MR) is 187 cm³/mol. The van der Waals surface area contributed by atoms with Crippen molar-refractivity contribution in [2.45, 2.75) is 47.9 Å². The van der Waals surface area contributed by atoms with Gasteiger partial charge in [-0.1, -0.05) is 22.9 Å². The first kappa shape index (κ1) is 36.6. The Balaban J connectivity index is 0.000000212. The van der Waals surface area contributed by atoms with E-state index in [4.69, 9.17) is 5.73 Å². The Labute approximate surface area is 289 Å². The number of halogens is 1. The number of aryl methyl sites for hydroxylation is 1. The fourth-order valence-electron chi connectivity index (χ4n) is 3.98. The molecule has 0 saturated carbocycles. The Morgan fingerprint density at radius 3 is 1.57 bits per heavy atom. The number of hydrogen-bond donors (Lipinski definition) is 1. The van der Waals surface area contributed by atoms with Gasteiger partial charge in [-0.05, 0) is 95.0 Å². The van der Waals surface area contributed by atoms with E-state index in [2.05, 4.69) is 15.9 Å². The lowest BCUT2D eigenvalue weighted by Crippen LogP contribution is -2.04. The topological polar surface area (TPSA) is 163 Å². The summed E-state index contributed by atoms with van der Waals surface area (Å²) in [5.74, 6) is 0. The number of sulfone groups is 4. The first-order chi connectivity index (χ1) is 21.4. The SMILES string of the molecule is CCc1ccc(S(=O)(=O)c2cc(Br)cc(S(C)(=O)=O)c2)s1.CS(=O)(=O)c1cc(-c2ccsc2)cc(S(=O)(=O)c2ccc(CN)s2)c1. The zero-order chi connectivity index (χ0) is 34.1. The maximum absolute atomic E-state index is 12.9. The molecule has 0 spiro atoms. The van der Waals surface area contributed by atoms with Gasteiger partial charge in [0.15, 0.2) is 19.7 Å². The van der Waals surface area contributed by atoms with Crippen LogP contribution in [0.5, 0.6) is 0 Å². The van der Waals surface area contributed by atoms with Gasteiger partial charge in [-0.2, -0.15) is 11.3 Å². The summed E-state index contributed by atoms with van der Waals surface area (Å²) < 4.78 is 99.1. The van der Waals surface area contributed by atoms with Crippen molar-refractivity contribution in [2.75, 3.05) is 12.5 Å². The third-order valence-electron chi connectivity index (χ3n) is 6.41. The molecule has 5 aromatic rings. The molecule has 0 aliphatic carbocycles. The number of rotatable bonds is 9. The summed E-state index contributed by atoms with van der Waals surface area (Å²) in [4.78, 5) is 1.60. The van der Waals surface area contributed by atoms with Gasteiger partial charge in [-0.15, -0.1) is 22.7 Å². The van der Waals surface area contributed by atoms with Crippen molar-refractivity contribution in [1.82, 2.24) is 0 Å². The molecule has 0 saturated heterocycles. The quantitative estimate of drug-likeness (QED) is 0.175. The Morgan fingerprint density at radius 2 is 1.11 bits per heavy atom. The molecule has 0 unspecified atom stereocenters. The lowest BCUT2D eigenvalue weighted by atomic mass is 10.1. The highest BCUT2D eigenvalue weighted by molar-refractivity contribution is 9.10. The predicted octanol–water partition coefficient (Wildman–Crippen LogP) is 6.48. The van der Waals surface area contributed by atoms with Gasteiger partial charge in [-0.25, -0.2) is 33.7 Å². The first-order valence-electron chi connectivity index (χ1n) is 13.1. The fourth-order valence-corrected chi connectivity index (χ4v) is 12.4. The van der Waals surface area contributed by atoms with Crippen LogP contribution in [-0.4, -0.2) is 46.2 Å². The molecule has 9 nitrogen and oxygen atoms in total. The molecule has 17 heteroatoms. The molecule has 2 aromatic carbocycles. The van der Waals surface area contributed by atoms with Gasteiger partial charge in [0.05, 0.1) is 19.6 Å². The lowest BCUT2D eigenvalue weighted by molar-refractivity contribution is 0.594. The third-order valence-corrected chi connectivity index (χ3v) is 16.5. The van der Waals surface area contributed by atoms with Gasteiger partial charge < -0.3 is 5.73 Å². The summed E-state index contributed by atoms with van der Waals surface area (Å²) in [5, 5.41) is 3.69. The van der Waals surface area contributed by atoms with Crippen molar-refractivity contribution >= 4 is 89.3 Å². The Hall–Kier alpha value is -2.22. The van der Waals surface area contributed by atoms with Crippen molar-refractivity contribution in [1.29, 1.82) is 0 Å². The lowest BCUT2D eigenvalue weighted by Gasteiger charge is -2.08. The van der Waals surface area contributed by atoms with Gasteiger partial charge in [0, 0.05) is 33.3 Å². The minimum atomic E-state index is -3.82. The average molecular weight is 823 g/mol. The normalized spacial score (nSPS) is 12.5. The van der Waals surface area contributed by atoms with Crippen LogP contribution in [0.15, 0.2) is 110 Å². The van der Waals surface area contributed by atoms with Crippen molar-refractivity contribution < 1.29 is 33.7 Å². The van der Waals surface area contributed by atoms with Crippen molar-refractivity contribution in [3.8, 4) is 11.1 Å². The molecule has 0 radical (unpaired) electrons. The molecule has 0 aliphatic heterocycles. The van der Waals surface area contributed by atoms with Gasteiger partial charge in [0.2, 0.25) is 19.7 Å². The highest BCUT2D eigenvalue weighted by Gasteiger charge is 2.24. The van der Waals surface area contributed by atoms with Crippen LogP contribution >= 0.6 is 49.9 Å². The molecule has 246 valence electrons. The smallest absolute Gasteiger partial charge is 0.216 e. The van der Waals surface area contributed by atoms with E-state index in [1.54, 1.807) is 18.2 Å². The summed E-state index contributed by atoms with van der Waals surface area (Å²) in [5.41, 5.74) is 6.88. The Kier molecular flexibility index (Phi) is 11.2. The van der Waals surface area contributed by atoms with Crippen LogP contribution in [-0.2, 0) is 52.3 Å². The van der Waals surface area contributed by atoms with Gasteiger partial charge in [0.25, 0.3) is 0 Å². The Morgan fingerprint density at radius 1 is 0.630 bits per heavy atom. The minimum Gasteiger partial charge on any atom is -0.326 e. The minimum absolute atomic E-state index is 0.0228. The fraction of sp³-hybridized carbons (Fsp3) is 0.172. The molecular weight excluding hydrogens is 795 g/mol. The summed E-state index contributed by atoms with van der Waals surface area (Å²) in [6.45, 7) is 2.20. The van der Waals surface area contributed by atoms with E-state index in [1.165, 1.54) is 65.1 Å². The standard InChI is InChI=1S/C16H15NO4S4.C13H13BrO4S3/c1-24(18,19)14-6-12(11-4-5-22-10-11)7-15(8-14)25(20,21)16-3-2-13(9-17)23-16;1-3-10-4-5-13(19-10)21(17,18)12-7-9(14)6-11(8-12)20(2,15)16/h2-8,10H,9,17H2,1H3;4-8H,3H2,1-2H3. The van der Waals surface area contributed by atoms with Crippen LogP contribution < -0.4 is 5.73 Å². The van der Waals surface area contributed by atoms with Gasteiger partial charge >= 0.3 is 0 Å². The van der Waals surface area contributed by atoms with Crippen molar-refractivity contribution in [3.05, 3.63) is 91.7 Å². The van der Waals surface area contributed by atoms with Crippen LogP contribution in [0.4, 0.5) is 0 Å². The summed E-state index contributed by atoms with van der Waals surface area (Å²) in [6.07, 6.45) is 2.87. The molecule has 46 heavy (non-hydrogen) atoms. The molecule has 0 aliphatic rings. The zero-order valence-corrected chi connectivity index (χ0v) is 31.8. The summed E-state index contributed by atoms with van der Waals surface area (Å²) in [7, 11) is -14.6. The van der Waals surface area contributed by atoms with Crippen LogP contribution in [0.3, 0.4) is 0 Å². The van der Waals surface area contributed by atoms with E-state index in [0.29, 0.717) is 10.0 Å². The maximum Gasteiger partial charge on any atom is 0.216 e. The molecule has 0 atom stereocenters. The van der Waals surface area contributed by atoms with Gasteiger partial charge in [-0.3, -0.25) is 0 Å². The van der Waals surface area contributed by atoms with Crippen LogP contribution in [0.2, 0.25) is 0 Å². The van der Waals surface area contributed by atoms with Crippen molar-refractivity contribution in [2.24, 2.45) is 5.73 Å². The molecule has 0 fully saturated rings. The second kappa shape index (κ2) is 14.1. The summed E-state index contributed by atoms with van der Waals surface area (Å²) in [6, 6.07) is 16.5. The van der Waals surface area contributed by atoms with Crippen LogP contribution in [0.1, 0.15) is 16.7 Å². The number of benzene rings is 2. The zero-order valence-electron chi connectivity index (χ0n) is 24.5. The molecule has 3 aromatic heterocycles. The van der Waals surface area contributed by atoms with Crippen LogP contribution in [0, 0.1) is 0 Å². The molecule has 0 bridgehead atoms. The molecular formula is C29H28BrNO8S7. The molecule has 0 amide bonds. The van der Waals surface area contributed by atoms with E-state index >= 15 is 0 Å². The number of thiophene rings is 3. The maximum atomic E-state index is 12.9. The third kappa shape index (κ3) is 8.43. The molecule has 5 rings (SSSR count). The number of hydrogen-bond acceptors (Lipinski definition) is 12. The van der Waals surface area contributed by atoms with E-state index in [9.17, 15) is 33.7 Å². The first-order valence-corrected chi connectivity index (χ1v) is 23.2. The number of nitrogens with two attached hydrogens (primary N) is 1. The Bertz CT molecular complexity index is 2320.